The highest BCUT2D eigenvalue weighted by Gasteiger charge is 2.40. The second-order valence-corrected chi connectivity index (χ2v) is 9.47. The van der Waals surface area contributed by atoms with Crippen LogP contribution < -0.4 is 0 Å². The molecule has 2 heteroatoms. The third-order valence-electron chi connectivity index (χ3n) is 6.44. The molecule has 2 nitrogen and oxygen atoms in total. The summed E-state index contributed by atoms with van der Waals surface area (Å²) in [6.45, 7) is 14.8. The Labute approximate surface area is 169 Å². The van der Waals surface area contributed by atoms with E-state index in [4.69, 9.17) is 0 Å². The minimum absolute atomic E-state index is 0.0266. The zero-order valence-corrected chi connectivity index (χ0v) is 18.4. The molecule has 1 aliphatic rings. The molecule has 28 heavy (non-hydrogen) atoms. The van der Waals surface area contributed by atoms with Gasteiger partial charge >= 0.3 is 0 Å². The van der Waals surface area contributed by atoms with E-state index in [2.05, 4.69) is 52.8 Å². The van der Waals surface area contributed by atoms with Crippen molar-refractivity contribution in [1.29, 1.82) is 0 Å². The summed E-state index contributed by atoms with van der Waals surface area (Å²) in [5.74, 6) is 0.944. The summed E-state index contributed by atoms with van der Waals surface area (Å²) in [5.41, 5.74) is 7.33. The average Bonchev–Trinajstić information content (AvgIpc) is 2.57. The Balaban J connectivity index is 2.31. The van der Waals surface area contributed by atoms with Crippen LogP contribution in [0.3, 0.4) is 0 Å². The van der Waals surface area contributed by atoms with Gasteiger partial charge in [-0.1, -0.05) is 60.9 Å². The minimum atomic E-state index is -0.0588. The zero-order chi connectivity index (χ0) is 20.8. The predicted molar refractivity (Wildman–Crippen MR) is 117 cm³/mol. The van der Waals surface area contributed by atoms with Gasteiger partial charge in [-0.2, -0.15) is 0 Å². The number of benzene rings is 2. The molecular weight excluding hydrogens is 344 g/mol. The molecule has 0 bridgehead atoms. The zero-order valence-electron chi connectivity index (χ0n) is 18.4. The van der Waals surface area contributed by atoms with E-state index in [1.54, 1.807) is 0 Å². The van der Waals surface area contributed by atoms with Crippen molar-refractivity contribution in [2.45, 2.75) is 67.2 Å². The topological polar surface area (TPSA) is 40.5 Å². The standard InChI is InChI=1S/C26H34O2/c1-15-8-9-22(26(6,7)14-15)23(20-12-16(2)10-18(4)24(20)27)21-13-17(3)11-19(5)25(21)28/h10-14,22-23,27-28H,8-9H2,1-7H3. The van der Waals surface area contributed by atoms with Gasteiger partial charge in [-0.25, -0.2) is 0 Å². The van der Waals surface area contributed by atoms with Gasteiger partial charge in [0.1, 0.15) is 11.5 Å². The summed E-state index contributed by atoms with van der Waals surface area (Å²) in [6.07, 6.45) is 4.48. The highest BCUT2D eigenvalue weighted by atomic mass is 16.3. The van der Waals surface area contributed by atoms with Crippen molar-refractivity contribution in [3.63, 3.8) is 0 Å². The fourth-order valence-electron chi connectivity index (χ4n) is 5.23. The second kappa shape index (κ2) is 7.31. The lowest BCUT2D eigenvalue weighted by Gasteiger charge is -2.42. The van der Waals surface area contributed by atoms with E-state index < -0.39 is 0 Å². The Morgan fingerprint density at radius 1 is 0.821 bits per heavy atom. The summed E-state index contributed by atoms with van der Waals surface area (Å²) >= 11 is 0. The van der Waals surface area contributed by atoms with E-state index in [1.807, 2.05) is 26.0 Å². The molecule has 1 aliphatic carbocycles. The summed E-state index contributed by atoms with van der Waals surface area (Å²) in [5, 5.41) is 22.1. The molecule has 3 rings (SSSR count). The molecule has 150 valence electrons. The molecule has 0 saturated carbocycles. The van der Waals surface area contributed by atoms with E-state index in [-0.39, 0.29) is 17.3 Å². The lowest BCUT2D eigenvalue weighted by molar-refractivity contribution is 0.218. The van der Waals surface area contributed by atoms with Gasteiger partial charge in [-0.3, -0.25) is 0 Å². The van der Waals surface area contributed by atoms with Gasteiger partial charge in [0.05, 0.1) is 0 Å². The number of allylic oxidation sites excluding steroid dienone is 2. The average molecular weight is 379 g/mol. The fourth-order valence-corrected chi connectivity index (χ4v) is 5.23. The molecular formula is C26H34O2. The number of phenolic OH excluding ortho intramolecular Hbond substituents is 2. The van der Waals surface area contributed by atoms with Crippen molar-refractivity contribution in [2.24, 2.45) is 11.3 Å². The lowest BCUT2D eigenvalue weighted by atomic mass is 9.62. The quantitative estimate of drug-likeness (QED) is 0.574. The van der Waals surface area contributed by atoms with Crippen LogP contribution in [0.25, 0.3) is 0 Å². The molecule has 0 spiro atoms. The first-order chi connectivity index (χ1) is 13.0. The fraction of sp³-hybridized carbons (Fsp3) is 0.462. The Kier molecular flexibility index (Phi) is 5.36. The molecule has 0 radical (unpaired) electrons. The van der Waals surface area contributed by atoms with E-state index >= 15 is 0 Å². The van der Waals surface area contributed by atoms with Gasteiger partial charge in [0, 0.05) is 17.0 Å². The van der Waals surface area contributed by atoms with Gasteiger partial charge in [-0.15, -0.1) is 0 Å². The summed E-state index contributed by atoms with van der Waals surface area (Å²) in [7, 11) is 0. The van der Waals surface area contributed by atoms with E-state index in [0.717, 1.165) is 46.2 Å². The van der Waals surface area contributed by atoms with Crippen LogP contribution in [-0.4, -0.2) is 10.2 Å². The van der Waals surface area contributed by atoms with E-state index in [9.17, 15) is 10.2 Å². The SMILES string of the molecule is CC1=CC(C)(C)C(C(c2cc(C)cc(C)c2O)c2cc(C)cc(C)c2O)CC1. The van der Waals surface area contributed by atoms with Gasteiger partial charge in [0.15, 0.2) is 0 Å². The Bertz CT molecular complexity index is 876. The van der Waals surface area contributed by atoms with Gasteiger partial charge in [-0.05, 0) is 69.9 Å². The van der Waals surface area contributed by atoms with Gasteiger partial charge in [0.2, 0.25) is 0 Å². The van der Waals surface area contributed by atoms with Crippen LogP contribution in [0, 0.1) is 39.0 Å². The third kappa shape index (κ3) is 3.70. The number of aryl methyl sites for hydroxylation is 4. The number of hydrogen-bond donors (Lipinski definition) is 2. The van der Waals surface area contributed by atoms with Gasteiger partial charge in [0.25, 0.3) is 0 Å². The van der Waals surface area contributed by atoms with Crippen molar-refractivity contribution in [3.05, 3.63) is 69.3 Å². The van der Waals surface area contributed by atoms with Crippen LogP contribution in [0.4, 0.5) is 0 Å². The number of hydrogen-bond acceptors (Lipinski definition) is 2. The number of rotatable bonds is 3. The third-order valence-corrected chi connectivity index (χ3v) is 6.44. The molecule has 1 unspecified atom stereocenters. The molecule has 2 N–H and O–H groups in total. The minimum Gasteiger partial charge on any atom is -0.507 e. The van der Waals surface area contributed by atoms with Crippen LogP contribution in [0.1, 0.15) is 72.9 Å². The van der Waals surface area contributed by atoms with Crippen molar-refractivity contribution in [2.75, 3.05) is 0 Å². The summed E-state index contributed by atoms with van der Waals surface area (Å²) in [4.78, 5) is 0. The first-order valence-electron chi connectivity index (χ1n) is 10.3. The normalized spacial score (nSPS) is 19.0. The second-order valence-electron chi connectivity index (χ2n) is 9.47. The largest absolute Gasteiger partial charge is 0.507 e. The lowest BCUT2D eigenvalue weighted by Crippen LogP contribution is -2.32. The van der Waals surface area contributed by atoms with Crippen molar-refractivity contribution in [1.82, 2.24) is 0 Å². The smallest absolute Gasteiger partial charge is 0.122 e. The van der Waals surface area contributed by atoms with Gasteiger partial charge < -0.3 is 10.2 Å². The first-order valence-corrected chi connectivity index (χ1v) is 10.3. The molecule has 2 aromatic carbocycles. The molecule has 0 heterocycles. The molecule has 0 amide bonds. The molecule has 2 aromatic rings. The maximum atomic E-state index is 11.0. The maximum absolute atomic E-state index is 11.0. The summed E-state index contributed by atoms with van der Waals surface area (Å²) in [6, 6.07) is 8.25. The molecule has 0 aliphatic heterocycles. The van der Waals surface area contributed by atoms with Crippen LogP contribution in [0.15, 0.2) is 35.9 Å². The van der Waals surface area contributed by atoms with E-state index in [1.165, 1.54) is 5.57 Å². The highest BCUT2D eigenvalue weighted by molar-refractivity contribution is 5.54. The van der Waals surface area contributed by atoms with Crippen molar-refractivity contribution >= 4 is 0 Å². The highest BCUT2D eigenvalue weighted by Crippen LogP contribution is 2.53. The molecule has 0 aromatic heterocycles. The first kappa shape index (κ1) is 20.5. The monoisotopic (exact) mass is 378 g/mol. The van der Waals surface area contributed by atoms with Crippen molar-refractivity contribution < 1.29 is 10.2 Å². The molecule has 0 fully saturated rings. The van der Waals surface area contributed by atoms with Crippen LogP contribution in [0.2, 0.25) is 0 Å². The predicted octanol–water partition coefficient (Wildman–Crippen LogP) is 6.85. The van der Waals surface area contributed by atoms with Crippen molar-refractivity contribution in [3.8, 4) is 11.5 Å². The Morgan fingerprint density at radius 3 is 1.71 bits per heavy atom. The van der Waals surface area contributed by atoms with Crippen LogP contribution in [-0.2, 0) is 0 Å². The summed E-state index contributed by atoms with van der Waals surface area (Å²) < 4.78 is 0. The molecule has 1 atom stereocenters. The van der Waals surface area contributed by atoms with E-state index in [0.29, 0.717) is 11.5 Å². The van der Waals surface area contributed by atoms with Crippen LogP contribution >= 0.6 is 0 Å². The molecule has 0 saturated heterocycles. The number of phenols is 2. The van der Waals surface area contributed by atoms with Crippen LogP contribution in [0.5, 0.6) is 11.5 Å². The Morgan fingerprint density at radius 2 is 1.29 bits per heavy atom. The Hall–Kier alpha value is -2.22. The number of aromatic hydroxyl groups is 2. The maximum Gasteiger partial charge on any atom is 0.122 e.